The first kappa shape index (κ1) is 16.3. The molecule has 1 amide bonds. The third kappa shape index (κ3) is 3.42. The second kappa shape index (κ2) is 6.95. The van der Waals surface area contributed by atoms with Crippen LogP contribution in [-0.2, 0) is 7.05 Å². The lowest BCUT2D eigenvalue weighted by molar-refractivity contribution is 0.0694. The Balaban J connectivity index is 1.34. The molecule has 0 atom stereocenters. The van der Waals surface area contributed by atoms with Gasteiger partial charge in [0.2, 0.25) is 5.82 Å². The Morgan fingerprint density at radius 1 is 1.23 bits per heavy atom. The molecule has 0 aliphatic heterocycles. The first-order valence-corrected chi connectivity index (χ1v) is 8.51. The quantitative estimate of drug-likeness (QED) is 0.764. The average molecular weight is 349 g/mol. The van der Waals surface area contributed by atoms with E-state index in [0.29, 0.717) is 5.69 Å². The number of aryl methyl sites for hydroxylation is 1. The molecule has 0 spiro atoms. The van der Waals surface area contributed by atoms with Crippen molar-refractivity contribution in [3.63, 3.8) is 0 Å². The molecular formula is C19H19N5O2. The fourth-order valence-corrected chi connectivity index (χ4v) is 2.94. The van der Waals surface area contributed by atoms with Crippen molar-refractivity contribution in [2.24, 2.45) is 7.05 Å². The van der Waals surface area contributed by atoms with Crippen LogP contribution in [0.1, 0.15) is 23.5 Å². The van der Waals surface area contributed by atoms with Gasteiger partial charge in [-0.25, -0.2) is 15.0 Å². The van der Waals surface area contributed by atoms with Crippen molar-refractivity contribution < 1.29 is 9.53 Å². The van der Waals surface area contributed by atoms with Crippen molar-refractivity contribution in [1.29, 1.82) is 0 Å². The molecule has 1 aromatic carbocycles. The Morgan fingerprint density at radius 2 is 2.04 bits per heavy atom. The molecule has 1 N–H and O–H groups in total. The molecule has 1 aliphatic rings. The summed E-state index contributed by atoms with van der Waals surface area (Å²) in [4.78, 5) is 24.9. The maximum Gasteiger partial charge on any atom is 0.289 e. The minimum atomic E-state index is -0.267. The van der Waals surface area contributed by atoms with Gasteiger partial charge >= 0.3 is 0 Å². The number of imidazole rings is 1. The van der Waals surface area contributed by atoms with Crippen LogP contribution < -0.4 is 10.1 Å². The number of nitrogens with zero attached hydrogens (tertiary/aromatic N) is 4. The van der Waals surface area contributed by atoms with Crippen molar-refractivity contribution in [2.45, 2.75) is 25.0 Å². The molecule has 26 heavy (non-hydrogen) atoms. The van der Waals surface area contributed by atoms with Crippen LogP contribution in [0.5, 0.6) is 5.75 Å². The molecule has 132 valence electrons. The van der Waals surface area contributed by atoms with Gasteiger partial charge in [0.1, 0.15) is 11.9 Å². The molecule has 3 aromatic rings. The summed E-state index contributed by atoms with van der Waals surface area (Å²) in [6.07, 6.45) is 6.68. The molecule has 0 radical (unpaired) electrons. The van der Waals surface area contributed by atoms with E-state index in [9.17, 15) is 4.79 Å². The topological polar surface area (TPSA) is 81.9 Å². The fourth-order valence-electron chi connectivity index (χ4n) is 2.94. The smallest absolute Gasteiger partial charge is 0.289 e. The van der Waals surface area contributed by atoms with E-state index in [4.69, 9.17) is 4.74 Å². The minimum absolute atomic E-state index is 0.0835. The Labute approximate surface area is 151 Å². The maximum absolute atomic E-state index is 12.4. The zero-order valence-electron chi connectivity index (χ0n) is 14.4. The molecule has 0 saturated heterocycles. The summed E-state index contributed by atoms with van der Waals surface area (Å²) in [6, 6.07) is 11.6. The van der Waals surface area contributed by atoms with E-state index in [-0.39, 0.29) is 23.9 Å². The van der Waals surface area contributed by atoms with Gasteiger partial charge in [-0.3, -0.25) is 4.79 Å². The van der Waals surface area contributed by atoms with E-state index < -0.39 is 0 Å². The first-order chi connectivity index (χ1) is 12.7. The molecule has 1 fully saturated rings. The number of nitrogens with one attached hydrogen (secondary N) is 1. The molecule has 2 aromatic heterocycles. The van der Waals surface area contributed by atoms with E-state index in [1.807, 2.05) is 41.9 Å². The van der Waals surface area contributed by atoms with Gasteiger partial charge in [0, 0.05) is 32.1 Å². The normalized spacial score (nSPS) is 18.8. The van der Waals surface area contributed by atoms with E-state index in [1.165, 1.54) is 0 Å². The summed E-state index contributed by atoms with van der Waals surface area (Å²) in [7, 11) is 1.88. The molecule has 7 nitrogen and oxygen atoms in total. The summed E-state index contributed by atoms with van der Waals surface area (Å²) >= 11 is 0. The van der Waals surface area contributed by atoms with E-state index in [0.717, 1.165) is 24.3 Å². The highest BCUT2D eigenvalue weighted by Crippen LogP contribution is 2.26. The lowest BCUT2D eigenvalue weighted by Crippen LogP contribution is -2.49. The second-order valence-electron chi connectivity index (χ2n) is 6.35. The number of benzene rings is 1. The SMILES string of the molecule is Cn1cncc1-c1ccnc(C(=O)N[C@H]2C[C@H](Oc3ccccc3)C2)n1. The van der Waals surface area contributed by atoms with Gasteiger partial charge in [0.15, 0.2) is 0 Å². The predicted molar refractivity (Wildman–Crippen MR) is 95.6 cm³/mol. The predicted octanol–water partition coefficient (Wildman–Crippen LogP) is 2.22. The number of ether oxygens (including phenoxy) is 1. The third-order valence-corrected chi connectivity index (χ3v) is 4.41. The van der Waals surface area contributed by atoms with Crippen LogP contribution in [0.15, 0.2) is 55.1 Å². The standard InChI is InChI=1S/C19H19N5O2/c1-24-12-20-11-17(24)16-7-8-21-18(23-16)19(25)22-13-9-15(10-13)26-14-5-3-2-4-6-14/h2-8,11-13,15H,9-10H2,1H3,(H,22,25)/t13-,15-. The van der Waals surface area contributed by atoms with Gasteiger partial charge in [-0.2, -0.15) is 0 Å². The molecule has 7 heteroatoms. The molecule has 2 heterocycles. The fraction of sp³-hybridized carbons (Fsp3) is 0.263. The summed E-state index contributed by atoms with van der Waals surface area (Å²) in [5.41, 5.74) is 1.51. The van der Waals surface area contributed by atoms with Crippen molar-refractivity contribution in [1.82, 2.24) is 24.8 Å². The van der Waals surface area contributed by atoms with Gasteiger partial charge < -0.3 is 14.6 Å². The summed E-state index contributed by atoms with van der Waals surface area (Å²) in [5, 5.41) is 2.97. The van der Waals surface area contributed by atoms with Crippen LogP contribution >= 0.6 is 0 Å². The molecule has 1 saturated carbocycles. The Hall–Kier alpha value is -3.22. The van der Waals surface area contributed by atoms with Gasteiger partial charge in [-0.05, 0) is 18.2 Å². The second-order valence-corrected chi connectivity index (χ2v) is 6.35. The van der Waals surface area contributed by atoms with Gasteiger partial charge in [-0.15, -0.1) is 0 Å². The summed E-state index contributed by atoms with van der Waals surface area (Å²) in [6.45, 7) is 0. The van der Waals surface area contributed by atoms with E-state index in [1.54, 1.807) is 24.8 Å². The molecule has 4 rings (SSSR count). The van der Waals surface area contributed by atoms with Crippen LogP contribution in [0.25, 0.3) is 11.4 Å². The van der Waals surface area contributed by atoms with Gasteiger partial charge in [0.25, 0.3) is 5.91 Å². The molecule has 0 bridgehead atoms. The number of carbonyl (C=O) groups excluding carboxylic acids is 1. The Morgan fingerprint density at radius 3 is 2.77 bits per heavy atom. The van der Waals surface area contributed by atoms with Gasteiger partial charge in [0.05, 0.1) is 23.9 Å². The third-order valence-electron chi connectivity index (χ3n) is 4.41. The Bertz CT molecular complexity index is 903. The zero-order chi connectivity index (χ0) is 17.9. The van der Waals surface area contributed by atoms with Crippen LogP contribution in [0.2, 0.25) is 0 Å². The maximum atomic E-state index is 12.4. The number of para-hydroxylation sites is 1. The highest BCUT2D eigenvalue weighted by atomic mass is 16.5. The van der Waals surface area contributed by atoms with E-state index in [2.05, 4.69) is 20.3 Å². The van der Waals surface area contributed by atoms with Crippen LogP contribution in [-0.4, -0.2) is 37.6 Å². The summed E-state index contributed by atoms with van der Waals surface area (Å²) in [5.74, 6) is 0.753. The van der Waals surface area contributed by atoms with Crippen molar-refractivity contribution >= 4 is 5.91 Å². The number of hydrogen-bond acceptors (Lipinski definition) is 5. The number of aromatic nitrogens is 4. The van der Waals surface area contributed by atoms with E-state index >= 15 is 0 Å². The number of carbonyl (C=O) groups is 1. The number of rotatable bonds is 5. The Kier molecular flexibility index (Phi) is 4.35. The largest absolute Gasteiger partial charge is 0.490 e. The molecule has 0 unspecified atom stereocenters. The van der Waals surface area contributed by atoms with Crippen molar-refractivity contribution in [3.8, 4) is 17.1 Å². The summed E-state index contributed by atoms with van der Waals surface area (Å²) < 4.78 is 7.71. The number of hydrogen-bond donors (Lipinski definition) is 1. The highest BCUT2D eigenvalue weighted by Gasteiger charge is 2.32. The van der Waals surface area contributed by atoms with Crippen LogP contribution in [0.4, 0.5) is 0 Å². The van der Waals surface area contributed by atoms with Crippen molar-refractivity contribution in [3.05, 3.63) is 60.9 Å². The van der Waals surface area contributed by atoms with Crippen LogP contribution in [0, 0.1) is 0 Å². The van der Waals surface area contributed by atoms with Crippen LogP contribution in [0.3, 0.4) is 0 Å². The molecule has 1 aliphatic carbocycles. The lowest BCUT2D eigenvalue weighted by atomic mass is 9.89. The first-order valence-electron chi connectivity index (χ1n) is 8.51. The zero-order valence-corrected chi connectivity index (χ0v) is 14.4. The van der Waals surface area contributed by atoms with Crippen molar-refractivity contribution in [2.75, 3.05) is 0 Å². The van der Waals surface area contributed by atoms with Gasteiger partial charge in [-0.1, -0.05) is 18.2 Å². The molecular weight excluding hydrogens is 330 g/mol. The lowest BCUT2D eigenvalue weighted by Gasteiger charge is -2.35. The average Bonchev–Trinajstić information content (AvgIpc) is 3.07. The minimum Gasteiger partial charge on any atom is -0.490 e. The highest BCUT2D eigenvalue weighted by molar-refractivity contribution is 5.91. The monoisotopic (exact) mass is 349 g/mol. The number of amides is 1.